The van der Waals surface area contributed by atoms with E-state index in [0.29, 0.717) is 54.8 Å². The molecular formula is C25H27ClN2O5. The highest BCUT2D eigenvalue weighted by Gasteiger charge is 2.46. The molecule has 2 aliphatic rings. The molecule has 0 spiro atoms. The van der Waals surface area contributed by atoms with Crippen molar-refractivity contribution >= 4 is 29.1 Å². The topological polar surface area (TPSA) is 79.3 Å². The summed E-state index contributed by atoms with van der Waals surface area (Å²) in [5, 5.41) is 11.7. The Morgan fingerprint density at radius 1 is 1.12 bits per heavy atom. The van der Waals surface area contributed by atoms with Crippen LogP contribution in [-0.4, -0.2) is 72.6 Å². The molecule has 2 aromatic carbocycles. The number of carbonyl (C=O) groups is 2. The zero-order valence-electron chi connectivity index (χ0n) is 18.5. The van der Waals surface area contributed by atoms with E-state index in [0.717, 1.165) is 13.1 Å². The number of nitrogens with zero attached hydrogens (tertiary/aromatic N) is 2. The molecule has 0 saturated carbocycles. The Hall–Kier alpha value is -2.87. The number of carbonyl (C=O) groups excluding carboxylic acids is 2. The third-order valence-corrected chi connectivity index (χ3v) is 6.12. The molecule has 0 aliphatic carbocycles. The van der Waals surface area contributed by atoms with E-state index in [9.17, 15) is 14.7 Å². The molecule has 0 aromatic heterocycles. The standard InChI is InChI=1S/C25H27ClN2O5/c1-2-33-20-8-4-6-18(16-20)23(29)21-22(17-5-3-7-19(26)15-17)28(25(31)24(21)30)10-9-27-11-13-32-14-12-27/h3-8,15-16,22,29H,2,9-14H2,1H3/b23-21+. The molecule has 8 heteroatoms. The van der Waals surface area contributed by atoms with E-state index < -0.39 is 17.7 Å². The van der Waals surface area contributed by atoms with E-state index in [4.69, 9.17) is 21.1 Å². The van der Waals surface area contributed by atoms with Gasteiger partial charge in [0.05, 0.1) is 31.4 Å². The molecular weight excluding hydrogens is 444 g/mol. The van der Waals surface area contributed by atoms with E-state index in [-0.39, 0.29) is 11.3 Å². The van der Waals surface area contributed by atoms with E-state index in [1.165, 1.54) is 4.90 Å². The Bertz CT molecular complexity index is 1060. The van der Waals surface area contributed by atoms with Gasteiger partial charge in [-0.25, -0.2) is 0 Å². The summed E-state index contributed by atoms with van der Waals surface area (Å²) >= 11 is 6.24. The largest absolute Gasteiger partial charge is 0.507 e. The lowest BCUT2D eigenvalue weighted by atomic mass is 9.95. The average Bonchev–Trinajstić information content (AvgIpc) is 3.08. The van der Waals surface area contributed by atoms with Crippen molar-refractivity contribution in [2.75, 3.05) is 46.0 Å². The minimum atomic E-state index is -0.736. The first-order chi connectivity index (χ1) is 16.0. The number of benzene rings is 2. The molecule has 2 aliphatic heterocycles. The highest BCUT2D eigenvalue weighted by atomic mass is 35.5. The van der Waals surface area contributed by atoms with Gasteiger partial charge in [0, 0.05) is 36.8 Å². The number of hydrogen-bond donors (Lipinski definition) is 1. The van der Waals surface area contributed by atoms with E-state index >= 15 is 0 Å². The summed E-state index contributed by atoms with van der Waals surface area (Å²) in [6, 6.07) is 13.2. The van der Waals surface area contributed by atoms with Crippen LogP contribution in [-0.2, 0) is 14.3 Å². The molecule has 0 radical (unpaired) electrons. The minimum absolute atomic E-state index is 0.0536. The van der Waals surface area contributed by atoms with Gasteiger partial charge in [0.25, 0.3) is 11.7 Å². The Kier molecular flexibility index (Phi) is 7.33. The fourth-order valence-electron chi connectivity index (χ4n) is 4.26. The first-order valence-corrected chi connectivity index (χ1v) is 11.4. The van der Waals surface area contributed by atoms with Crippen molar-refractivity contribution in [1.29, 1.82) is 0 Å². The number of aliphatic hydroxyl groups excluding tert-OH is 1. The van der Waals surface area contributed by atoms with Crippen molar-refractivity contribution in [1.82, 2.24) is 9.80 Å². The SMILES string of the molecule is CCOc1cccc(/C(O)=C2\C(=O)C(=O)N(CCN3CCOCC3)C2c2cccc(Cl)c2)c1. The molecule has 2 heterocycles. The quantitative estimate of drug-likeness (QED) is 0.379. The summed E-state index contributed by atoms with van der Waals surface area (Å²) in [5.41, 5.74) is 1.14. The maximum atomic E-state index is 13.2. The zero-order chi connectivity index (χ0) is 23.4. The van der Waals surface area contributed by atoms with Crippen molar-refractivity contribution < 1.29 is 24.2 Å². The predicted octanol–water partition coefficient (Wildman–Crippen LogP) is 3.49. The summed E-state index contributed by atoms with van der Waals surface area (Å²) in [6.07, 6.45) is 0. The van der Waals surface area contributed by atoms with Crippen molar-refractivity contribution in [2.24, 2.45) is 0 Å². The van der Waals surface area contributed by atoms with E-state index in [1.807, 2.05) is 13.0 Å². The molecule has 1 atom stereocenters. The van der Waals surface area contributed by atoms with E-state index in [1.54, 1.807) is 42.5 Å². The summed E-state index contributed by atoms with van der Waals surface area (Å²) in [6.45, 7) is 6.13. The molecule has 1 amide bonds. The second kappa shape index (κ2) is 10.4. The molecule has 4 rings (SSSR count). The fourth-order valence-corrected chi connectivity index (χ4v) is 4.46. The van der Waals surface area contributed by atoms with Crippen LogP contribution in [0.4, 0.5) is 0 Å². The maximum Gasteiger partial charge on any atom is 0.295 e. The highest BCUT2D eigenvalue weighted by Crippen LogP contribution is 2.40. The molecule has 2 aromatic rings. The first kappa shape index (κ1) is 23.3. The smallest absolute Gasteiger partial charge is 0.295 e. The number of Topliss-reactive ketones (excluding diaryl/α,β-unsaturated/α-hetero) is 1. The molecule has 7 nitrogen and oxygen atoms in total. The van der Waals surface area contributed by atoms with Crippen molar-refractivity contribution in [3.8, 4) is 5.75 Å². The van der Waals surface area contributed by atoms with Gasteiger partial charge >= 0.3 is 0 Å². The number of halogens is 1. The maximum absolute atomic E-state index is 13.2. The number of ketones is 1. The van der Waals surface area contributed by atoms with Crippen LogP contribution in [0.25, 0.3) is 5.76 Å². The Balaban J connectivity index is 1.74. The fraction of sp³-hybridized carbons (Fsp3) is 0.360. The Labute approximate surface area is 198 Å². The Morgan fingerprint density at radius 2 is 1.88 bits per heavy atom. The van der Waals surface area contributed by atoms with Crippen LogP contribution in [0.15, 0.2) is 54.1 Å². The third-order valence-electron chi connectivity index (χ3n) is 5.88. The van der Waals surface area contributed by atoms with Gasteiger partial charge in [0.15, 0.2) is 0 Å². The number of likely N-dealkylation sites (tertiary alicyclic amines) is 1. The summed E-state index contributed by atoms with van der Waals surface area (Å²) in [7, 11) is 0. The first-order valence-electron chi connectivity index (χ1n) is 11.1. The zero-order valence-corrected chi connectivity index (χ0v) is 19.3. The molecule has 2 fully saturated rings. The summed E-state index contributed by atoms with van der Waals surface area (Å²) in [4.78, 5) is 30.0. The van der Waals surface area contributed by atoms with Gasteiger partial charge in [-0.05, 0) is 36.8 Å². The molecule has 1 unspecified atom stereocenters. The average molecular weight is 471 g/mol. The number of aliphatic hydroxyl groups is 1. The molecule has 0 bridgehead atoms. The lowest BCUT2D eigenvalue weighted by Gasteiger charge is -2.31. The molecule has 1 N–H and O–H groups in total. The minimum Gasteiger partial charge on any atom is -0.507 e. The lowest BCUT2D eigenvalue weighted by Crippen LogP contribution is -2.42. The van der Waals surface area contributed by atoms with Gasteiger partial charge in [-0.1, -0.05) is 35.9 Å². The van der Waals surface area contributed by atoms with Crippen LogP contribution in [0.5, 0.6) is 5.75 Å². The lowest BCUT2D eigenvalue weighted by molar-refractivity contribution is -0.140. The van der Waals surface area contributed by atoms with Crippen LogP contribution in [0, 0.1) is 0 Å². The van der Waals surface area contributed by atoms with Crippen LogP contribution < -0.4 is 4.74 Å². The van der Waals surface area contributed by atoms with Crippen molar-refractivity contribution in [3.63, 3.8) is 0 Å². The molecule has 2 saturated heterocycles. The molecule has 174 valence electrons. The number of morpholine rings is 1. The second-order valence-corrected chi connectivity index (χ2v) is 8.40. The number of ether oxygens (including phenoxy) is 2. The predicted molar refractivity (Wildman–Crippen MR) is 125 cm³/mol. The van der Waals surface area contributed by atoms with Crippen LogP contribution in [0.2, 0.25) is 5.02 Å². The molecule has 33 heavy (non-hydrogen) atoms. The van der Waals surface area contributed by atoms with Gasteiger partial charge in [0.1, 0.15) is 11.5 Å². The summed E-state index contributed by atoms with van der Waals surface area (Å²) < 4.78 is 10.9. The highest BCUT2D eigenvalue weighted by molar-refractivity contribution is 6.46. The number of amides is 1. The van der Waals surface area contributed by atoms with Crippen molar-refractivity contribution in [3.05, 3.63) is 70.3 Å². The number of hydrogen-bond acceptors (Lipinski definition) is 6. The second-order valence-electron chi connectivity index (χ2n) is 7.96. The van der Waals surface area contributed by atoms with Gasteiger partial charge in [-0.3, -0.25) is 14.5 Å². The van der Waals surface area contributed by atoms with Gasteiger partial charge in [-0.15, -0.1) is 0 Å². The Morgan fingerprint density at radius 3 is 2.61 bits per heavy atom. The van der Waals surface area contributed by atoms with Crippen molar-refractivity contribution in [2.45, 2.75) is 13.0 Å². The van der Waals surface area contributed by atoms with Gasteiger partial charge < -0.3 is 19.5 Å². The monoisotopic (exact) mass is 470 g/mol. The summed E-state index contributed by atoms with van der Waals surface area (Å²) in [5.74, 6) is -0.992. The number of rotatable bonds is 7. The van der Waals surface area contributed by atoms with Gasteiger partial charge in [0.2, 0.25) is 0 Å². The van der Waals surface area contributed by atoms with Crippen LogP contribution in [0.1, 0.15) is 24.1 Å². The van der Waals surface area contributed by atoms with Crippen LogP contribution >= 0.6 is 11.6 Å². The normalized spacial score (nSPS) is 20.9. The van der Waals surface area contributed by atoms with Gasteiger partial charge in [-0.2, -0.15) is 0 Å². The third kappa shape index (κ3) is 5.05. The van der Waals surface area contributed by atoms with Crippen LogP contribution in [0.3, 0.4) is 0 Å². The van der Waals surface area contributed by atoms with E-state index in [2.05, 4.69) is 4.90 Å².